The number of alkyl halides is 2. The third-order valence-corrected chi connectivity index (χ3v) is 2.52. The van der Waals surface area contributed by atoms with Crippen molar-refractivity contribution in [3.8, 4) is 0 Å². The van der Waals surface area contributed by atoms with Crippen LogP contribution in [0.5, 0.6) is 0 Å². The predicted octanol–water partition coefficient (Wildman–Crippen LogP) is 0.575. The van der Waals surface area contributed by atoms with Crippen molar-refractivity contribution in [1.29, 1.82) is 0 Å². The van der Waals surface area contributed by atoms with Crippen LogP contribution in [0.15, 0.2) is 17.2 Å². The van der Waals surface area contributed by atoms with Crippen molar-refractivity contribution in [2.24, 2.45) is 5.14 Å². The van der Waals surface area contributed by atoms with Crippen molar-refractivity contribution in [2.75, 3.05) is 0 Å². The fourth-order valence-electron chi connectivity index (χ4n) is 0.929. The van der Waals surface area contributed by atoms with E-state index in [1.54, 1.807) is 0 Å². The molecular weight excluding hydrogens is 248 g/mol. The lowest BCUT2D eigenvalue weighted by atomic mass is 10.3. The SMILES string of the molecule is NS(=O)(=O)c1cnc(C(F)F)cc1[N+](=O)[O-]. The van der Waals surface area contributed by atoms with Gasteiger partial charge in [-0.3, -0.25) is 15.1 Å². The minimum absolute atomic E-state index is 0.379. The van der Waals surface area contributed by atoms with Gasteiger partial charge < -0.3 is 0 Å². The van der Waals surface area contributed by atoms with Crippen molar-refractivity contribution in [3.05, 3.63) is 28.1 Å². The second-order valence-corrected chi connectivity index (χ2v) is 4.21. The summed E-state index contributed by atoms with van der Waals surface area (Å²) in [6.07, 6.45) is -2.59. The quantitative estimate of drug-likeness (QED) is 0.624. The molecule has 0 bridgehead atoms. The Hall–Kier alpha value is -1.68. The van der Waals surface area contributed by atoms with Crippen molar-refractivity contribution in [3.63, 3.8) is 0 Å². The topological polar surface area (TPSA) is 116 Å². The van der Waals surface area contributed by atoms with Gasteiger partial charge in [0.25, 0.3) is 12.1 Å². The van der Waals surface area contributed by atoms with E-state index in [0.717, 1.165) is 0 Å². The van der Waals surface area contributed by atoms with Crippen molar-refractivity contribution in [2.45, 2.75) is 11.3 Å². The molecule has 0 unspecified atom stereocenters. The summed E-state index contributed by atoms with van der Waals surface area (Å²) in [5, 5.41) is 15.1. The molecule has 1 aromatic rings. The average Bonchev–Trinajstić information content (AvgIpc) is 2.15. The molecule has 0 spiro atoms. The van der Waals surface area contributed by atoms with Gasteiger partial charge in [0.1, 0.15) is 5.69 Å². The van der Waals surface area contributed by atoms with E-state index in [1.807, 2.05) is 0 Å². The summed E-state index contributed by atoms with van der Waals surface area (Å²) < 4.78 is 46.1. The number of hydrogen-bond donors (Lipinski definition) is 1. The highest BCUT2D eigenvalue weighted by Crippen LogP contribution is 2.26. The van der Waals surface area contributed by atoms with Crippen molar-refractivity contribution >= 4 is 15.7 Å². The number of aromatic nitrogens is 1. The van der Waals surface area contributed by atoms with E-state index in [9.17, 15) is 27.3 Å². The molecule has 0 radical (unpaired) electrons. The van der Waals surface area contributed by atoms with E-state index >= 15 is 0 Å². The molecule has 0 aliphatic carbocycles. The lowest BCUT2D eigenvalue weighted by molar-refractivity contribution is -0.388. The van der Waals surface area contributed by atoms with Crippen molar-refractivity contribution < 1.29 is 22.1 Å². The van der Waals surface area contributed by atoms with Gasteiger partial charge in [-0.2, -0.15) is 0 Å². The fourth-order valence-corrected chi connectivity index (χ4v) is 1.55. The Morgan fingerprint density at radius 2 is 2.06 bits per heavy atom. The molecule has 0 aliphatic heterocycles. The van der Waals surface area contributed by atoms with Gasteiger partial charge in [-0.15, -0.1) is 0 Å². The van der Waals surface area contributed by atoms with Crippen LogP contribution in [0.3, 0.4) is 0 Å². The van der Waals surface area contributed by atoms with Gasteiger partial charge in [0.2, 0.25) is 10.0 Å². The summed E-state index contributed by atoms with van der Waals surface area (Å²) in [7, 11) is -4.37. The first-order valence-corrected chi connectivity index (χ1v) is 5.23. The second-order valence-electron chi connectivity index (χ2n) is 2.68. The van der Waals surface area contributed by atoms with E-state index in [1.165, 1.54) is 0 Å². The predicted molar refractivity (Wildman–Crippen MR) is 47.2 cm³/mol. The monoisotopic (exact) mass is 253 g/mol. The summed E-state index contributed by atoms with van der Waals surface area (Å²) in [4.78, 5) is 11.5. The van der Waals surface area contributed by atoms with Crippen LogP contribution < -0.4 is 5.14 Å². The van der Waals surface area contributed by atoms with Gasteiger partial charge in [0.15, 0.2) is 4.90 Å². The lowest BCUT2D eigenvalue weighted by Crippen LogP contribution is -2.15. The van der Waals surface area contributed by atoms with Crippen LogP contribution in [0.4, 0.5) is 14.5 Å². The first-order chi connectivity index (χ1) is 7.23. The molecule has 1 aromatic heterocycles. The standard InChI is InChI=1S/C6H5F2N3O4S/c7-6(8)3-1-4(11(12)13)5(2-10-3)16(9,14)15/h1-2,6H,(H2,9,14,15). The highest BCUT2D eigenvalue weighted by molar-refractivity contribution is 7.89. The van der Waals surface area contributed by atoms with E-state index < -0.39 is 37.6 Å². The molecule has 88 valence electrons. The fraction of sp³-hybridized carbons (Fsp3) is 0.167. The number of halogens is 2. The molecule has 1 rings (SSSR count). The molecule has 0 saturated carbocycles. The first kappa shape index (κ1) is 12.4. The van der Waals surface area contributed by atoms with Gasteiger partial charge in [0, 0.05) is 6.07 Å². The number of primary sulfonamides is 1. The summed E-state index contributed by atoms with van der Waals surface area (Å²) in [5.74, 6) is 0. The number of nitrogens with zero attached hydrogens (tertiary/aromatic N) is 2. The molecule has 0 saturated heterocycles. The van der Waals surface area contributed by atoms with Crippen molar-refractivity contribution in [1.82, 2.24) is 4.98 Å². The molecule has 2 N–H and O–H groups in total. The number of rotatable bonds is 3. The lowest BCUT2D eigenvalue weighted by Gasteiger charge is -2.02. The third kappa shape index (κ3) is 2.46. The molecule has 1 heterocycles. The number of pyridine rings is 1. The summed E-state index contributed by atoms with van der Waals surface area (Å²) in [5.41, 5.74) is -1.91. The van der Waals surface area contributed by atoms with Crippen LogP contribution >= 0.6 is 0 Å². The Bertz CT molecular complexity index is 531. The van der Waals surface area contributed by atoms with E-state index in [0.29, 0.717) is 12.3 Å². The van der Waals surface area contributed by atoms with Crippen LogP contribution in [-0.4, -0.2) is 18.3 Å². The normalized spacial score (nSPS) is 11.8. The van der Waals surface area contributed by atoms with E-state index in [2.05, 4.69) is 10.1 Å². The minimum atomic E-state index is -4.37. The van der Waals surface area contributed by atoms with Crippen LogP contribution in [0.1, 0.15) is 12.1 Å². The zero-order chi connectivity index (χ0) is 12.5. The Morgan fingerprint density at radius 3 is 2.44 bits per heavy atom. The molecular formula is C6H5F2N3O4S. The maximum absolute atomic E-state index is 12.2. The third-order valence-electron chi connectivity index (χ3n) is 1.59. The number of nitrogens with two attached hydrogens (primary N) is 1. The molecule has 7 nitrogen and oxygen atoms in total. The summed E-state index contributed by atoms with van der Waals surface area (Å²) in [6.45, 7) is 0. The first-order valence-electron chi connectivity index (χ1n) is 3.68. The van der Waals surface area contributed by atoms with Crippen LogP contribution in [0.25, 0.3) is 0 Å². The number of sulfonamides is 1. The number of nitro groups is 1. The maximum Gasteiger partial charge on any atom is 0.293 e. The summed E-state index contributed by atoms with van der Waals surface area (Å²) in [6, 6.07) is 0.379. The molecule has 0 amide bonds. The van der Waals surface area contributed by atoms with Gasteiger partial charge in [-0.1, -0.05) is 0 Å². The minimum Gasteiger partial charge on any atom is -0.258 e. The average molecular weight is 253 g/mol. The Labute approximate surface area is 88.1 Å². The van der Waals surface area contributed by atoms with Crippen LogP contribution in [0, 0.1) is 10.1 Å². The second kappa shape index (κ2) is 4.06. The van der Waals surface area contributed by atoms with Gasteiger partial charge in [0.05, 0.1) is 11.1 Å². The van der Waals surface area contributed by atoms with Gasteiger partial charge in [-0.05, 0) is 0 Å². The van der Waals surface area contributed by atoms with Crippen LogP contribution in [0.2, 0.25) is 0 Å². The van der Waals surface area contributed by atoms with Crippen LogP contribution in [-0.2, 0) is 10.0 Å². The van der Waals surface area contributed by atoms with Gasteiger partial charge >= 0.3 is 0 Å². The Kier molecular flexibility index (Phi) is 3.14. The summed E-state index contributed by atoms with van der Waals surface area (Å²) >= 11 is 0. The van der Waals surface area contributed by atoms with E-state index in [4.69, 9.17) is 0 Å². The molecule has 0 atom stereocenters. The van der Waals surface area contributed by atoms with E-state index in [-0.39, 0.29) is 0 Å². The van der Waals surface area contributed by atoms with Gasteiger partial charge in [-0.25, -0.2) is 22.3 Å². The molecule has 0 aliphatic rings. The molecule has 16 heavy (non-hydrogen) atoms. The molecule has 10 heteroatoms. The molecule has 0 fully saturated rings. The zero-order valence-electron chi connectivity index (χ0n) is 7.50. The largest absolute Gasteiger partial charge is 0.293 e. The zero-order valence-corrected chi connectivity index (χ0v) is 8.32. The highest BCUT2D eigenvalue weighted by atomic mass is 32.2. The highest BCUT2D eigenvalue weighted by Gasteiger charge is 2.25. The Balaban J connectivity index is 3.49. The smallest absolute Gasteiger partial charge is 0.258 e. The number of hydrogen-bond acceptors (Lipinski definition) is 5. The maximum atomic E-state index is 12.2. The molecule has 0 aromatic carbocycles. The Morgan fingerprint density at radius 1 is 1.50 bits per heavy atom.